The van der Waals surface area contributed by atoms with Gasteiger partial charge in [0.25, 0.3) is 0 Å². The van der Waals surface area contributed by atoms with Gasteiger partial charge in [0.05, 0.1) is 18.0 Å². The lowest BCUT2D eigenvalue weighted by molar-refractivity contribution is 0.374. The maximum atomic E-state index is 8.85. The molecule has 18 heavy (non-hydrogen) atoms. The Morgan fingerprint density at radius 3 is 2.83 bits per heavy atom. The smallest absolute Gasteiger partial charge is 0.0991 e. The predicted octanol–water partition coefficient (Wildman–Crippen LogP) is 2.93. The van der Waals surface area contributed by atoms with Crippen LogP contribution in [0.4, 0.5) is 0 Å². The Hall–Kier alpha value is -2.08. The van der Waals surface area contributed by atoms with E-state index in [1.54, 1.807) is 0 Å². The van der Waals surface area contributed by atoms with Crippen LogP contribution in [0.15, 0.2) is 36.8 Å². The summed E-state index contributed by atoms with van der Waals surface area (Å²) in [6.07, 6.45) is 5.06. The van der Waals surface area contributed by atoms with Crippen molar-refractivity contribution in [2.45, 2.75) is 25.8 Å². The van der Waals surface area contributed by atoms with E-state index >= 15 is 0 Å². The number of rotatable bonds is 1. The summed E-state index contributed by atoms with van der Waals surface area (Å²) in [7, 11) is 0. The van der Waals surface area contributed by atoms with Crippen LogP contribution in [0.1, 0.15) is 36.1 Å². The summed E-state index contributed by atoms with van der Waals surface area (Å²) < 4.78 is 2.24. The van der Waals surface area contributed by atoms with E-state index in [1.807, 2.05) is 24.7 Å². The van der Waals surface area contributed by atoms with E-state index in [0.717, 1.165) is 12.1 Å². The Morgan fingerprint density at radius 2 is 2.11 bits per heavy atom. The van der Waals surface area contributed by atoms with Crippen LogP contribution in [0, 0.1) is 17.2 Å². The van der Waals surface area contributed by atoms with E-state index in [2.05, 4.69) is 34.7 Å². The molecule has 3 heteroatoms. The highest BCUT2D eigenvalue weighted by Gasteiger charge is 2.28. The second-order valence-corrected chi connectivity index (χ2v) is 4.99. The Morgan fingerprint density at radius 1 is 1.33 bits per heavy atom. The molecule has 0 saturated carbocycles. The molecule has 0 amide bonds. The Bertz CT molecular complexity index is 589. The van der Waals surface area contributed by atoms with Gasteiger partial charge in [-0.1, -0.05) is 19.1 Å². The maximum Gasteiger partial charge on any atom is 0.0991 e. The number of imidazole rings is 1. The summed E-state index contributed by atoms with van der Waals surface area (Å²) in [5.74, 6) is 1.01. The van der Waals surface area contributed by atoms with Gasteiger partial charge in [0.15, 0.2) is 0 Å². The van der Waals surface area contributed by atoms with Crippen molar-refractivity contribution in [3.05, 3.63) is 53.6 Å². The summed E-state index contributed by atoms with van der Waals surface area (Å²) in [6, 6.07) is 10.1. The third-order valence-corrected chi connectivity index (χ3v) is 3.86. The third kappa shape index (κ3) is 1.70. The van der Waals surface area contributed by atoms with Gasteiger partial charge in [-0.2, -0.15) is 5.26 Å². The molecule has 0 saturated heterocycles. The number of hydrogen-bond acceptors (Lipinski definition) is 2. The first-order valence-electron chi connectivity index (χ1n) is 6.29. The minimum atomic E-state index is 0.397. The van der Waals surface area contributed by atoms with Crippen LogP contribution in [-0.2, 0) is 6.54 Å². The van der Waals surface area contributed by atoms with E-state index in [9.17, 15) is 0 Å². The minimum Gasteiger partial charge on any atom is -0.334 e. The van der Waals surface area contributed by atoms with E-state index in [0.29, 0.717) is 11.8 Å². The number of nitriles is 1. The average Bonchev–Trinajstić information content (AvgIpc) is 2.87. The van der Waals surface area contributed by atoms with Crippen molar-refractivity contribution in [2.24, 2.45) is 5.92 Å². The van der Waals surface area contributed by atoms with E-state index in [-0.39, 0.29) is 0 Å². The normalized spacial score (nSPS) is 22.2. The fraction of sp³-hybridized carbons (Fsp3) is 0.333. The fourth-order valence-corrected chi connectivity index (χ4v) is 2.84. The number of aromatic nitrogens is 2. The monoisotopic (exact) mass is 237 g/mol. The topological polar surface area (TPSA) is 41.6 Å². The second-order valence-electron chi connectivity index (χ2n) is 4.99. The zero-order valence-electron chi connectivity index (χ0n) is 10.4. The van der Waals surface area contributed by atoms with Gasteiger partial charge < -0.3 is 4.57 Å². The highest BCUT2D eigenvalue weighted by atomic mass is 15.1. The van der Waals surface area contributed by atoms with E-state index in [4.69, 9.17) is 5.26 Å². The first-order chi connectivity index (χ1) is 8.79. The number of fused-ring (bicyclic) bond motifs is 1. The van der Waals surface area contributed by atoms with Gasteiger partial charge in [0.2, 0.25) is 0 Å². The molecule has 0 unspecified atom stereocenters. The molecule has 2 atom stereocenters. The second kappa shape index (κ2) is 4.30. The minimum absolute atomic E-state index is 0.397. The van der Waals surface area contributed by atoms with Crippen molar-refractivity contribution in [2.75, 3.05) is 0 Å². The summed E-state index contributed by atoms with van der Waals surface area (Å²) >= 11 is 0. The SMILES string of the molecule is C[C@H]1CCn2cncc2[C@@H]1c1ccc(C#N)cc1. The van der Waals surface area contributed by atoms with Crippen molar-refractivity contribution < 1.29 is 0 Å². The molecular formula is C15H15N3. The predicted molar refractivity (Wildman–Crippen MR) is 69.0 cm³/mol. The molecular weight excluding hydrogens is 222 g/mol. The highest BCUT2D eigenvalue weighted by Crippen LogP contribution is 2.37. The summed E-state index contributed by atoms with van der Waals surface area (Å²) in [5.41, 5.74) is 3.29. The first kappa shape index (κ1) is 11.0. The Labute approximate surface area is 107 Å². The summed E-state index contributed by atoms with van der Waals surface area (Å²) in [4.78, 5) is 4.26. The van der Waals surface area contributed by atoms with Crippen LogP contribution in [-0.4, -0.2) is 9.55 Å². The lowest BCUT2D eigenvalue weighted by Gasteiger charge is -2.30. The van der Waals surface area contributed by atoms with Gasteiger partial charge in [0.1, 0.15) is 0 Å². The molecule has 2 heterocycles. The highest BCUT2D eigenvalue weighted by molar-refractivity contribution is 5.36. The number of hydrogen-bond donors (Lipinski definition) is 0. The molecule has 0 fully saturated rings. The molecule has 0 N–H and O–H groups in total. The fourth-order valence-electron chi connectivity index (χ4n) is 2.84. The van der Waals surface area contributed by atoms with Crippen LogP contribution in [0.25, 0.3) is 0 Å². The summed E-state index contributed by atoms with van der Waals surface area (Å²) in [5, 5.41) is 8.85. The van der Waals surface area contributed by atoms with Gasteiger partial charge >= 0.3 is 0 Å². The molecule has 90 valence electrons. The molecule has 3 rings (SSSR count). The standard InChI is InChI=1S/C15H15N3/c1-11-6-7-18-10-17-9-14(18)15(11)13-4-2-12(8-16)3-5-13/h2-5,9-11,15H,6-7H2,1H3/t11-,15-/m0/s1. The van der Waals surface area contributed by atoms with Gasteiger partial charge in [-0.05, 0) is 30.0 Å². The van der Waals surface area contributed by atoms with Crippen molar-refractivity contribution in [3.8, 4) is 6.07 Å². The van der Waals surface area contributed by atoms with Gasteiger partial charge in [-0.25, -0.2) is 4.98 Å². The molecule has 3 nitrogen and oxygen atoms in total. The van der Waals surface area contributed by atoms with Crippen LogP contribution in [0.2, 0.25) is 0 Å². The summed E-state index contributed by atoms with van der Waals surface area (Å²) in [6.45, 7) is 3.35. The Balaban J connectivity index is 2.03. The van der Waals surface area contributed by atoms with Gasteiger partial charge in [-0.15, -0.1) is 0 Å². The molecule has 0 radical (unpaired) electrons. The van der Waals surface area contributed by atoms with Crippen molar-refractivity contribution in [1.82, 2.24) is 9.55 Å². The van der Waals surface area contributed by atoms with Gasteiger partial charge in [0, 0.05) is 24.4 Å². The lowest BCUT2D eigenvalue weighted by Crippen LogP contribution is -2.22. The quantitative estimate of drug-likeness (QED) is 0.765. The molecule has 1 aliphatic rings. The van der Waals surface area contributed by atoms with Gasteiger partial charge in [-0.3, -0.25) is 0 Å². The van der Waals surface area contributed by atoms with Crippen molar-refractivity contribution >= 4 is 0 Å². The zero-order chi connectivity index (χ0) is 12.5. The Kier molecular flexibility index (Phi) is 2.64. The molecule has 1 aliphatic heterocycles. The van der Waals surface area contributed by atoms with Crippen LogP contribution in [0.3, 0.4) is 0 Å². The molecule has 2 aromatic rings. The molecule has 1 aromatic heterocycles. The number of aryl methyl sites for hydroxylation is 1. The first-order valence-corrected chi connectivity index (χ1v) is 6.29. The lowest BCUT2D eigenvalue weighted by atomic mass is 9.80. The number of nitrogens with zero attached hydrogens (tertiary/aromatic N) is 3. The van der Waals surface area contributed by atoms with Crippen molar-refractivity contribution in [1.29, 1.82) is 5.26 Å². The molecule has 0 spiro atoms. The zero-order valence-corrected chi connectivity index (χ0v) is 10.4. The van der Waals surface area contributed by atoms with Crippen LogP contribution < -0.4 is 0 Å². The molecule has 1 aromatic carbocycles. The molecule has 0 bridgehead atoms. The van der Waals surface area contributed by atoms with Crippen LogP contribution >= 0.6 is 0 Å². The van der Waals surface area contributed by atoms with Crippen LogP contribution in [0.5, 0.6) is 0 Å². The van der Waals surface area contributed by atoms with E-state index in [1.165, 1.54) is 17.7 Å². The maximum absolute atomic E-state index is 8.85. The number of benzene rings is 1. The third-order valence-electron chi connectivity index (χ3n) is 3.86. The molecule has 0 aliphatic carbocycles. The van der Waals surface area contributed by atoms with E-state index < -0.39 is 0 Å². The van der Waals surface area contributed by atoms with Crippen molar-refractivity contribution in [3.63, 3.8) is 0 Å². The average molecular weight is 237 g/mol. The largest absolute Gasteiger partial charge is 0.334 e.